The minimum atomic E-state index is -0.144. The van der Waals surface area contributed by atoms with Gasteiger partial charge in [0.2, 0.25) is 0 Å². The maximum atomic E-state index is 12.3. The molecule has 1 N–H and O–H groups in total. The molecule has 162 valence electrons. The lowest BCUT2D eigenvalue weighted by Gasteiger charge is -2.12. The molecule has 5 heteroatoms. The number of ether oxygens (including phenoxy) is 1. The van der Waals surface area contributed by atoms with Crippen LogP contribution in [-0.4, -0.2) is 17.5 Å². The van der Waals surface area contributed by atoms with Crippen molar-refractivity contribution in [2.75, 3.05) is 6.61 Å². The smallest absolute Gasteiger partial charge is 0.258 e. The van der Waals surface area contributed by atoms with Crippen LogP contribution in [0.2, 0.25) is 0 Å². The maximum Gasteiger partial charge on any atom is 0.258 e. The van der Waals surface area contributed by atoms with Crippen molar-refractivity contribution < 1.29 is 9.53 Å². The molecule has 0 aliphatic heterocycles. The van der Waals surface area contributed by atoms with Gasteiger partial charge in [0, 0.05) is 23.1 Å². The second-order valence-corrected chi connectivity index (χ2v) is 8.73. The van der Waals surface area contributed by atoms with Crippen LogP contribution in [0.15, 0.2) is 72.1 Å². The summed E-state index contributed by atoms with van der Waals surface area (Å²) in [4.78, 5) is 17.1. The summed E-state index contributed by atoms with van der Waals surface area (Å²) in [6.07, 6.45) is 0. The van der Waals surface area contributed by atoms with Gasteiger partial charge in [-0.05, 0) is 55.2 Å². The zero-order valence-electron chi connectivity index (χ0n) is 18.5. The number of thiazole rings is 1. The van der Waals surface area contributed by atoms with Gasteiger partial charge in [-0.2, -0.15) is 0 Å². The van der Waals surface area contributed by atoms with Gasteiger partial charge in [-0.25, -0.2) is 4.98 Å². The van der Waals surface area contributed by atoms with E-state index in [4.69, 9.17) is 9.72 Å². The number of amides is 1. The van der Waals surface area contributed by atoms with Crippen molar-refractivity contribution in [3.8, 4) is 27.6 Å². The molecular weight excluding hydrogens is 416 g/mol. The summed E-state index contributed by atoms with van der Waals surface area (Å²) in [5.41, 5.74) is 7.50. The van der Waals surface area contributed by atoms with Crippen LogP contribution in [0.25, 0.3) is 21.8 Å². The first-order valence-electron chi connectivity index (χ1n) is 10.6. The Morgan fingerprint density at radius 1 is 0.969 bits per heavy atom. The average Bonchev–Trinajstić information content (AvgIpc) is 3.30. The first-order valence-corrected chi connectivity index (χ1v) is 11.4. The molecule has 0 spiro atoms. The second kappa shape index (κ2) is 9.79. The Balaban J connectivity index is 1.36. The van der Waals surface area contributed by atoms with Crippen molar-refractivity contribution in [1.29, 1.82) is 0 Å². The van der Waals surface area contributed by atoms with Crippen LogP contribution in [0.3, 0.4) is 0 Å². The van der Waals surface area contributed by atoms with Crippen molar-refractivity contribution in [3.63, 3.8) is 0 Å². The predicted molar refractivity (Wildman–Crippen MR) is 131 cm³/mol. The van der Waals surface area contributed by atoms with Crippen LogP contribution in [0.1, 0.15) is 22.3 Å². The molecule has 32 heavy (non-hydrogen) atoms. The zero-order chi connectivity index (χ0) is 22.5. The highest BCUT2D eigenvalue weighted by Gasteiger charge is 2.09. The Kier molecular flexibility index (Phi) is 6.66. The van der Waals surface area contributed by atoms with Crippen LogP contribution in [0, 0.1) is 20.8 Å². The largest absolute Gasteiger partial charge is 0.483 e. The lowest BCUT2D eigenvalue weighted by Crippen LogP contribution is -2.28. The lowest BCUT2D eigenvalue weighted by molar-refractivity contribution is -0.123. The Morgan fingerprint density at radius 2 is 1.75 bits per heavy atom. The molecule has 0 saturated carbocycles. The Morgan fingerprint density at radius 3 is 2.56 bits per heavy atom. The summed E-state index contributed by atoms with van der Waals surface area (Å²) in [5.74, 6) is 0.618. The molecule has 1 aromatic heterocycles. The Bertz CT molecular complexity index is 1230. The first-order chi connectivity index (χ1) is 15.5. The maximum absolute atomic E-state index is 12.3. The molecule has 1 amide bonds. The molecule has 0 atom stereocenters. The van der Waals surface area contributed by atoms with Gasteiger partial charge in [0.1, 0.15) is 10.8 Å². The summed E-state index contributed by atoms with van der Waals surface area (Å²) in [6, 6.07) is 22.4. The Labute approximate surface area is 192 Å². The van der Waals surface area contributed by atoms with Gasteiger partial charge in [-0.1, -0.05) is 54.6 Å². The molecule has 3 aromatic carbocycles. The highest BCUT2D eigenvalue weighted by Crippen LogP contribution is 2.29. The SMILES string of the molecule is Cc1cc(C)c(C)c(OCC(=O)NCc2cccc(-c3nc(-c4ccccc4)cs3)c2)c1. The van der Waals surface area contributed by atoms with Crippen LogP contribution in [0.4, 0.5) is 0 Å². The molecule has 0 saturated heterocycles. The monoisotopic (exact) mass is 442 g/mol. The van der Waals surface area contributed by atoms with Crippen LogP contribution in [0.5, 0.6) is 5.75 Å². The number of aromatic nitrogens is 1. The zero-order valence-corrected chi connectivity index (χ0v) is 19.3. The number of aryl methyl sites for hydroxylation is 2. The van der Waals surface area contributed by atoms with E-state index in [1.165, 1.54) is 0 Å². The van der Waals surface area contributed by atoms with E-state index in [2.05, 4.69) is 35.0 Å². The van der Waals surface area contributed by atoms with Gasteiger partial charge in [-0.3, -0.25) is 4.79 Å². The molecule has 0 aliphatic carbocycles. The molecular formula is C27H26N2O2S. The van der Waals surface area contributed by atoms with Gasteiger partial charge in [0.25, 0.3) is 5.91 Å². The molecule has 4 nitrogen and oxygen atoms in total. The minimum absolute atomic E-state index is 0.00363. The first kappa shape index (κ1) is 21.8. The third kappa shape index (κ3) is 5.24. The molecule has 4 aromatic rings. The van der Waals surface area contributed by atoms with E-state index >= 15 is 0 Å². The summed E-state index contributed by atoms with van der Waals surface area (Å²) >= 11 is 1.62. The third-order valence-electron chi connectivity index (χ3n) is 5.36. The van der Waals surface area contributed by atoms with Crippen molar-refractivity contribution in [2.24, 2.45) is 0 Å². The summed E-state index contributed by atoms with van der Waals surface area (Å²) in [6.45, 7) is 6.52. The van der Waals surface area contributed by atoms with E-state index in [0.717, 1.165) is 49.8 Å². The van der Waals surface area contributed by atoms with Gasteiger partial charge in [0.15, 0.2) is 6.61 Å². The molecule has 0 bridgehead atoms. The quantitative estimate of drug-likeness (QED) is 0.376. The van der Waals surface area contributed by atoms with E-state index in [0.29, 0.717) is 6.54 Å². The molecule has 0 unspecified atom stereocenters. The standard InChI is InChI=1S/C27H26N2O2S/c1-18-12-19(2)20(3)25(13-18)31-16-26(30)28-15-21-8-7-11-23(14-21)27-29-24(17-32-27)22-9-5-4-6-10-22/h4-14,17H,15-16H2,1-3H3,(H,28,30). The highest BCUT2D eigenvalue weighted by atomic mass is 32.1. The number of hydrogen-bond acceptors (Lipinski definition) is 4. The van der Waals surface area contributed by atoms with Gasteiger partial charge < -0.3 is 10.1 Å². The lowest BCUT2D eigenvalue weighted by atomic mass is 10.1. The van der Waals surface area contributed by atoms with Crippen molar-refractivity contribution in [3.05, 3.63) is 94.4 Å². The fraction of sp³-hybridized carbons (Fsp3) is 0.185. The fourth-order valence-electron chi connectivity index (χ4n) is 3.51. The number of nitrogens with zero attached hydrogens (tertiary/aromatic N) is 1. The summed E-state index contributed by atoms with van der Waals surface area (Å²) in [7, 11) is 0. The van der Waals surface area contributed by atoms with Gasteiger partial charge in [0.05, 0.1) is 5.69 Å². The normalized spacial score (nSPS) is 10.7. The number of carbonyl (C=O) groups excluding carboxylic acids is 1. The number of carbonyl (C=O) groups is 1. The number of benzene rings is 3. The van der Waals surface area contributed by atoms with Crippen LogP contribution < -0.4 is 10.1 Å². The predicted octanol–water partition coefficient (Wildman–Crippen LogP) is 6.10. The highest BCUT2D eigenvalue weighted by molar-refractivity contribution is 7.13. The number of nitrogens with one attached hydrogen (secondary N) is 1. The van der Waals surface area contributed by atoms with E-state index in [9.17, 15) is 4.79 Å². The molecule has 0 aliphatic rings. The van der Waals surface area contributed by atoms with Crippen molar-refractivity contribution in [2.45, 2.75) is 27.3 Å². The van der Waals surface area contributed by atoms with E-state index in [1.807, 2.05) is 63.2 Å². The molecule has 1 heterocycles. The number of hydrogen-bond donors (Lipinski definition) is 1. The molecule has 0 fully saturated rings. The van der Waals surface area contributed by atoms with Gasteiger partial charge >= 0.3 is 0 Å². The van der Waals surface area contributed by atoms with Crippen molar-refractivity contribution >= 4 is 17.2 Å². The molecule has 4 rings (SSSR count). The Hall–Kier alpha value is -3.44. The second-order valence-electron chi connectivity index (χ2n) is 7.87. The van der Waals surface area contributed by atoms with E-state index in [-0.39, 0.29) is 12.5 Å². The average molecular weight is 443 g/mol. The van der Waals surface area contributed by atoms with Gasteiger partial charge in [-0.15, -0.1) is 11.3 Å². The topological polar surface area (TPSA) is 51.2 Å². The van der Waals surface area contributed by atoms with Crippen LogP contribution in [-0.2, 0) is 11.3 Å². The van der Waals surface area contributed by atoms with Crippen LogP contribution >= 0.6 is 11.3 Å². The third-order valence-corrected chi connectivity index (χ3v) is 6.25. The summed E-state index contributed by atoms with van der Waals surface area (Å²) in [5, 5.41) is 5.99. The van der Waals surface area contributed by atoms with Crippen molar-refractivity contribution in [1.82, 2.24) is 10.3 Å². The molecule has 0 radical (unpaired) electrons. The summed E-state index contributed by atoms with van der Waals surface area (Å²) < 4.78 is 5.77. The minimum Gasteiger partial charge on any atom is -0.483 e. The van der Waals surface area contributed by atoms with E-state index < -0.39 is 0 Å². The van der Waals surface area contributed by atoms with E-state index in [1.54, 1.807) is 11.3 Å². The number of rotatable bonds is 7. The fourth-order valence-corrected chi connectivity index (χ4v) is 4.33.